The highest BCUT2D eigenvalue weighted by Gasteiger charge is 2.25. The molecule has 0 fully saturated rings. The lowest BCUT2D eigenvalue weighted by atomic mass is 10.1. The first-order valence-electron chi connectivity index (χ1n) is 9.52. The molecule has 154 valence electrons. The van der Waals surface area contributed by atoms with Crippen molar-refractivity contribution in [3.63, 3.8) is 0 Å². The first-order chi connectivity index (χ1) is 14.6. The summed E-state index contributed by atoms with van der Waals surface area (Å²) in [7, 11) is 1.55. The first-order valence-corrected chi connectivity index (χ1v) is 10.3. The molecular formula is C22H21N3O4S. The minimum absolute atomic E-state index is 0.00504. The Bertz CT molecular complexity index is 1050. The van der Waals surface area contributed by atoms with Crippen LogP contribution in [0.5, 0.6) is 11.5 Å². The molecule has 0 atom stereocenters. The molecule has 1 aliphatic heterocycles. The number of carbonyl (C=O) groups excluding carboxylic acids is 2. The second-order valence-electron chi connectivity index (χ2n) is 6.72. The second kappa shape index (κ2) is 8.96. The molecule has 0 radical (unpaired) electrons. The zero-order chi connectivity index (χ0) is 20.9. The Kier molecular flexibility index (Phi) is 5.94. The fraction of sp³-hybridized carbons (Fsp3) is 0.227. The zero-order valence-corrected chi connectivity index (χ0v) is 17.3. The van der Waals surface area contributed by atoms with E-state index in [1.165, 1.54) is 11.3 Å². The van der Waals surface area contributed by atoms with Gasteiger partial charge in [0, 0.05) is 23.4 Å². The van der Waals surface area contributed by atoms with Gasteiger partial charge in [-0.05, 0) is 24.3 Å². The predicted molar refractivity (Wildman–Crippen MR) is 114 cm³/mol. The van der Waals surface area contributed by atoms with E-state index in [0.717, 1.165) is 10.6 Å². The van der Waals surface area contributed by atoms with Gasteiger partial charge in [-0.15, -0.1) is 0 Å². The van der Waals surface area contributed by atoms with Gasteiger partial charge in [0.05, 0.1) is 19.3 Å². The molecule has 1 aliphatic rings. The molecule has 4 rings (SSSR count). The first kappa shape index (κ1) is 19.9. The van der Waals surface area contributed by atoms with Crippen LogP contribution in [0.1, 0.15) is 20.9 Å². The van der Waals surface area contributed by atoms with Crippen molar-refractivity contribution < 1.29 is 19.1 Å². The lowest BCUT2D eigenvalue weighted by Crippen LogP contribution is -2.35. The van der Waals surface area contributed by atoms with Crippen LogP contribution >= 0.6 is 11.3 Å². The Hall–Kier alpha value is -3.39. The van der Waals surface area contributed by atoms with E-state index in [1.54, 1.807) is 19.2 Å². The summed E-state index contributed by atoms with van der Waals surface area (Å²) in [6.45, 7) is 0.951. The molecule has 2 aromatic carbocycles. The van der Waals surface area contributed by atoms with Gasteiger partial charge in [-0.3, -0.25) is 14.9 Å². The molecule has 0 saturated heterocycles. The van der Waals surface area contributed by atoms with E-state index in [-0.39, 0.29) is 18.4 Å². The van der Waals surface area contributed by atoms with Crippen LogP contribution in [-0.4, -0.2) is 42.0 Å². The average Bonchev–Trinajstić information content (AvgIpc) is 3.19. The lowest BCUT2D eigenvalue weighted by molar-refractivity contribution is -0.118. The van der Waals surface area contributed by atoms with Crippen molar-refractivity contribution in [3.8, 4) is 11.5 Å². The summed E-state index contributed by atoms with van der Waals surface area (Å²) < 4.78 is 10.8. The normalized spacial score (nSPS) is 12.8. The molecule has 2 heterocycles. The van der Waals surface area contributed by atoms with Crippen molar-refractivity contribution >= 4 is 28.3 Å². The number of hydrogen-bond donors (Lipinski definition) is 1. The number of hydrogen-bond acceptors (Lipinski definition) is 6. The van der Waals surface area contributed by atoms with Crippen LogP contribution < -0.4 is 14.8 Å². The van der Waals surface area contributed by atoms with Gasteiger partial charge in [0.1, 0.15) is 0 Å². The van der Waals surface area contributed by atoms with E-state index in [0.29, 0.717) is 41.7 Å². The number of nitrogens with zero attached hydrogens (tertiary/aromatic N) is 2. The number of anilines is 1. The highest BCUT2D eigenvalue weighted by molar-refractivity contribution is 7.15. The summed E-state index contributed by atoms with van der Waals surface area (Å²) in [5.74, 6) is 0.775. The van der Waals surface area contributed by atoms with Crippen molar-refractivity contribution in [2.45, 2.75) is 13.0 Å². The molecule has 7 nitrogen and oxygen atoms in total. The summed E-state index contributed by atoms with van der Waals surface area (Å²) in [5.41, 5.74) is 1.60. The van der Waals surface area contributed by atoms with Gasteiger partial charge in [0.25, 0.3) is 11.8 Å². The van der Waals surface area contributed by atoms with E-state index in [1.807, 2.05) is 47.4 Å². The second-order valence-corrected chi connectivity index (χ2v) is 7.80. The molecule has 0 unspecified atom stereocenters. The molecule has 2 amide bonds. The Morgan fingerprint density at radius 1 is 1.10 bits per heavy atom. The summed E-state index contributed by atoms with van der Waals surface area (Å²) in [6.07, 6.45) is 0.665. The topological polar surface area (TPSA) is 80.8 Å². The number of methoxy groups -OCH3 is 1. The van der Waals surface area contributed by atoms with E-state index in [4.69, 9.17) is 9.47 Å². The molecule has 1 N–H and O–H groups in total. The summed E-state index contributed by atoms with van der Waals surface area (Å²) in [4.78, 5) is 32.3. The SMILES string of the molecule is COc1ccccc1OCC(=O)Nc1nc2c(s1)CN(C(=O)c1ccccc1)CC2. The van der Waals surface area contributed by atoms with Crippen molar-refractivity contribution in [1.82, 2.24) is 9.88 Å². The average molecular weight is 423 g/mol. The summed E-state index contributed by atoms with van der Waals surface area (Å²) >= 11 is 1.39. The van der Waals surface area contributed by atoms with Gasteiger partial charge >= 0.3 is 0 Å². The number of benzene rings is 2. The number of fused-ring (bicyclic) bond motifs is 1. The molecule has 8 heteroatoms. The van der Waals surface area contributed by atoms with Crippen molar-refractivity contribution in [2.24, 2.45) is 0 Å². The maximum atomic E-state index is 12.7. The van der Waals surface area contributed by atoms with Crippen molar-refractivity contribution in [1.29, 1.82) is 0 Å². The van der Waals surface area contributed by atoms with Crippen LogP contribution in [0.2, 0.25) is 0 Å². The highest BCUT2D eigenvalue weighted by atomic mass is 32.1. The zero-order valence-electron chi connectivity index (χ0n) is 16.5. The molecule has 0 saturated carbocycles. The number of amides is 2. The van der Waals surface area contributed by atoms with Crippen molar-refractivity contribution in [3.05, 3.63) is 70.7 Å². The molecule has 1 aromatic heterocycles. The molecule has 0 aliphatic carbocycles. The minimum atomic E-state index is -0.302. The summed E-state index contributed by atoms with van der Waals surface area (Å²) in [5, 5.41) is 3.30. The number of ether oxygens (including phenoxy) is 2. The maximum Gasteiger partial charge on any atom is 0.264 e. The largest absolute Gasteiger partial charge is 0.493 e. The number of nitrogens with one attached hydrogen (secondary N) is 1. The molecule has 0 spiro atoms. The Morgan fingerprint density at radius 3 is 2.60 bits per heavy atom. The predicted octanol–water partition coefficient (Wildman–Crippen LogP) is 3.37. The maximum absolute atomic E-state index is 12.7. The van der Waals surface area contributed by atoms with Crippen LogP contribution in [0.4, 0.5) is 5.13 Å². The van der Waals surface area contributed by atoms with E-state index in [9.17, 15) is 9.59 Å². The number of aromatic nitrogens is 1. The Morgan fingerprint density at radius 2 is 1.83 bits per heavy atom. The number of carbonyl (C=O) groups is 2. The minimum Gasteiger partial charge on any atom is -0.493 e. The quantitative estimate of drug-likeness (QED) is 0.658. The molecule has 30 heavy (non-hydrogen) atoms. The van der Waals surface area contributed by atoms with Crippen LogP contribution in [-0.2, 0) is 17.8 Å². The van der Waals surface area contributed by atoms with Gasteiger partial charge < -0.3 is 14.4 Å². The number of rotatable bonds is 6. The van der Waals surface area contributed by atoms with Gasteiger partial charge in [0.15, 0.2) is 23.2 Å². The third-order valence-corrected chi connectivity index (χ3v) is 5.71. The molecule has 3 aromatic rings. The molecular weight excluding hydrogens is 402 g/mol. The van der Waals surface area contributed by atoms with Crippen LogP contribution in [0.3, 0.4) is 0 Å². The Balaban J connectivity index is 1.36. The molecule has 0 bridgehead atoms. The van der Waals surface area contributed by atoms with Gasteiger partial charge in [0.2, 0.25) is 0 Å². The summed E-state index contributed by atoms with van der Waals surface area (Å²) in [6, 6.07) is 16.4. The monoisotopic (exact) mass is 423 g/mol. The van der Waals surface area contributed by atoms with Gasteiger partial charge in [-0.1, -0.05) is 41.7 Å². The van der Waals surface area contributed by atoms with E-state index in [2.05, 4.69) is 10.3 Å². The fourth-order valence-electron chi connectivity index (χ4n) is 3.22. The van der Waals surface area contributed by atoms with Gasteiger partial charge in [-0.25, -0.2) is 4.98 Å². The smallest absolute Gasteiger partial charge is 0.264 e. The third kappa shape index (κ3) is 4.44. The number of thiazole rings is 1. The third-order valence-electron chi connectivity index (χ3n) is 4.71. The standard InChI is InChI=1S/C22H21N3O4S/c1-28-17-9-5-6-10-18(17)29-14-20(26)24-22-23-16-11-12-25(13-19(16)30-22)21(27)15-7-3-2-4-8-15/h2-10H,11-14H2,1H3,(H,23,24,26). The highest BCUT2D eigenvalue weighted by Crippen LogP contribution is 2.29. The van der Waals surface area contributed by atoms with Crippen molar-refractivity contribution in [2.75, 3.05) is 25.6 Å². The van der Waals surface area contributed by atoms with Crippen LogP contribution in [0.15, 0.2) is 54.6 Å². The number of para-hydroxylation sites is 2. The van der Waals surface area contributed by atoms with E-state index < -0.39 is 0 Å². The van der Waals surface area contributed by atoms with Crippen LogP contribution in [0.25, 0.3) is 0 Å². The Labute approximate surface area is 178 Å². The van der Waals surface area contributed by atoms with E-state index >= 15 is 0 Å². The van der Waals surface area contributed by atoms with Gasteiger partial charge in [-0.2, -0.15) is 0 Å². The lowest BCUT2D eigenvalue weighted by Gasteiger charge is -2.26. The fourth-order valence-corrected chi connectivity index (χ4v) is 4.26. The van der Waals surface area contributed by atoms with Crippen LogP contribution in [0, 0.1) is 0 Å².